The van der Waals surface area contributed by atoms with Crippen LogP contribution in [-0.4, -0.2) is 36.1 Å². The molecule has 5 nitrogen and oxygen atoms in total. The first-order valence-corrected chi connectivity index (χ1v) is 8.64. The van der Waals surface area contributed by atoms with Gasteiger partial charge in [0.15, 0.2) is 5.66 Å². The molecule has 2 aliphatic heterocycles. The zero-order valence-electron chi connectivity index (χ0n) is 14.0. The normalized spacial score (nSPS) is 17.8. The van der Waals surface area contributed by atoms with Gasteiger partial charge in [-0.3, -0.25) is 9.69 Å². The van der Waals surface area contributed by atoms with Crippen LogP contribution in [0.4, 0.5) is 0 Å². The van der Waals surface area contributed by atoms with Crippen molar-refractivity contribution >= 4 is 5.91 Å². The highest BCUT2D eigenvalue weighted by atomic mass is 16.1. The third kappa shape index (κ3) is 4.42. The molecule has 1 aromatic rings. The number of amides is 1. The van der Waals surface area contributed by atoms with Gasteiger partial charge in [0, 0.05) is 51.9 Å². The van der Waals surface area contributed by atoms with Crippen molar-refractivity contribution in [2.45, 2.75) is 44.3 Å². The van der Waals surface area contributed by atoms with Crippen LogP contribution in [0.5, 0.6) is 0 Å². The maximum Gasteiger partial charge on any atom is 0.220 e. The summed E-state index contributed by atoms with van der Waals surface area (Å²) in [5.41, 5.74) is 2.50. The average molecular weight is 324 g/mol. The Labute approximate surface area is 143 Å². The summed E-state index contributed by atoms with van der Waals surface area (Å²) in [5.74, 6) is 2.68. The number of hydrogen-bond acceptors (Lipinski definition) is 4. The smallest absolute Gasteiger partial charge is 0.220 e. The van der Waals surface area contributed by atoms with Crippen molar-refractivity contribution in [3.05, 3.63) is 35.4 Å². The van der Waals surface area contributed by atoms with E-state index in [1.165, 1.54) is 11.1 Å². The molecule has 0 atom stereocenters. The monoisotopic (exact) mass is 324 g/mol. The number of rotatable bonds is 8. The average Bonchev–Trinajstić information content (AvgIpc) is 3.38. The zero-order chi connectivity index (χ0) is 16.8. The van der Waals surface area contributed by atoms with E-state index in [9.17, 15) is 4.79 Å². The largest absolute Gasteiger partial charge is 0.355 e. The molecule has 0 unspecified atom stereocenters. The molecule has 1 N–H and O–H groups in total. The summed E-state index contributed by atoms with van der Waals surface area (Å²) >= 11 is 0. The first-order chi connectivity index (χ1) is 11.7. The van der Waals surface area contributed by atoms with Gasteiger partial charge < -0.3 is 5.32 Å². The molecule has 126 valence electrons. The number of nitrogens with one attached hydrogen (secondary N) is 1. The van der Waals surface area contributed by atoms with Crippen LogP contribution in [0.15, 0.2) is 34.5 Å². The van der Waals surface area contributed by atoms with E-state index in [-0.39, 0.29) is 11.6 Å². The second kappa shape index (κ2) is 7.59. The lowest BCUT2D eigenvalue weighted by Crippen LogP contribution is -2.38. The molecule has 0 saturated heterocycles. The van der Waals surface area contributed by atoms with Crippen LogP contribution >= 0.6 is 0 Å². The number of carbonyl (C=O) groups is 1. The molecule has 0 spiro atoms. The topological polar surface area (TPSA) is 57.1 Å². The van der Waals surface area contributed by atoms with Gasteiger partial charge in [0.1, 0.15) is 0 Å². The van der Waals surface area contributed by atoms with E-state index < -0.39 is 0 Å². The van der Waals surface area contributed by atoms with Gasteiger partial charge in [0.25, 0.3) is 0 Å². The zero-order valence-corrected chi connectivity index (χ0v) is 14.0. The molecule has 0 bridgehead atoms. The van der Waals surface area contributed by atoms with Crippen LogP contribution in [0.1, 0.15) is 36.8 Å². The summed E-state index contributed by atoms with van der Waals surface area (Å²) in [6.07, 6.45) is 8.89. The fourth-order valence-electron chi connectivity index (χ4n) is 3.17. The molecule has 1 amide bonds. The lowest BCUT2D eigenvalue weighted by Gasteiger charge is -2.28. The first kappa shape index (κ1) is 16.7. The summed E-state index contributed by atoms with van der Waals surface area (Å²) < 4.78 is 0. The van der Waals surface area contributed by atoms with Crippen LogP contribution in [0.25, 0.3) is 0 Å². The van der Waals surface area contributed by atoms with Crippen molar-refractivity contribution < 1.29 is 4.79 Å². The second-order valence-electron chi connectivity index (χ2n) is 6.53. The van der Waals surface area contributed by atoms with E-state index in [2.05, 4.69) is 50.6 Å². The van der Waals surface area contributed by atoms with Gasteiger partial charge in [-0.05, 0) is 17.5 Å². The Bertz CT molecular complexity index is 656. The number of hydrogen-bond donors (Lipinski definition) is 1. The molecule has 0 aromatic heterocycles. The maximum absolute atomic E-state index is 12.0. The van der Waals surface area contributed by atoms with Gasteiger partial charge in [-0.25, -0.2) is 0 Å². The van der Waals surface area contributed by atoms with Gasteiger partial charge in [0.05, 0.1) is 0 Å². The fourth-order valence-corrected chi connectivity index (χ4v) is 3.17. The molecule has 3 rings (SSSR count). The van der Waals surface area contributed by atoms with Gasteiger partial charge in [-0.15, -0.1) is 12.3 Å². The summed E-state index contributed by atoms with van der Waals surface area (Å²) in [7, 11) is 0. The Morgan fingerprint density at radius 3 is 2.83 bits per heavy atom. The summed E-state index contributed by atoms with van der Waals surface area (Å²) in [6, 6.07) is 8.59. The number of terminal acetylenes is 1. The van der Waals surface area contributed by atoms with Gasteiger partial charge in [0.2, 0.25) is 5.91 Å². The minimum Gasteiger partial charge on any atom is -0.355 e. The number of nitrogens with zero attached hydrogens (tertiary/aromatic N) is 3. The molecular formula is C19H24N4O. The summed E-state index contributed by atoms with van der Waals surface area (Å²) in [4.78, 5) is 14.4. The molecule has 5 heteroatoms. The van der Waals surface area contributed by atoms with Crippen LogP contribution in [0, 0.1) is 12.3 Å². The van der Waals surface area contributed by atoms with Crippen molar-refractivity contribution in [1.82, 2.24) is 10.2 Å². The van der Waals surface area contributed by atoms with Crippen LogP contribution in [0.2, 0.25) is 0 Å². The van der Waals surface area contributed by atoms with E-state index >= 15 is 0 Å². The van der Waals surface area contributed by atoms with Crippen molar-refractivity contribution in [2.24, 2.45) is 10.2 Å². The standard InChI is InChI=1S/C19H24N4O/c1-2-3-10-19(21-22-19)11-8-18(24)20-12-14-23-13-9-16-6-4-5-7-17(16)15-23/h1,4-7H,3,8-15H2,(H,20,24). The lowest BCUT2D eigenvalue weighted by molar-refractivity contribution is -0.121. The molecule has 24 heavy (non-hydrogen) atoms. The number of carbonyl (C=O) groups excluding carboxylic acids is 1. The van der Waals surface area contributed by atoms with E-state index in [0.717, 1.165) is 32.5 Å². The summed E-state index contributed by atoms with van der Waals surface area (Å²) in [6.45, 7) is 3.60. The Hall–Kier alpha value is -2.19. The Kier molecular flexibility index (Phi) is 5.27. The predicted molar refractivity (Wildman–Crippen MR) is 93.3 cm³/mol. The molecule has 0 radical (unpaired) electrons. The Balaban J connectivity index is 1.32. The molecule has 0 saturated carbocycles. The molecule has 0 aliphatic carbocycles. The Morgan fingerprint density at radius 1 is 1.29 bits per heavy atom. The highest BCUT2D eigenvalue weighted by molar-refractivity contribution is 5.76. The van der Waals surface area contributed by atoms with Crippen LogP contribution in [-0.2, 0) is 17.8 Å². The molecule has 0 fully saturated rings. The lowest BCUT2D eigenvalue weighted by atomic mass is 10.00. The summed E-state index contributed by atoms with van der Waals surface area (Å²) in [5, 5.41) is 11.1. The molecule has 2 aliphatic rings. The minimum absolute atomic E-state index is 0.0739. The third-order valence-electron chi connectivity index (χ3n) is 4.76. The maximum atomic E-state index is 12.0. The van der Waals surface area contributed by atoms with Crippen molar-refractivity contribution in [3.8, 4) is 12.3 Å². The molecule has 1 aromatic carbocycles. The van der Waals surface area contributed by atoms with Gasteiger partial charge in [-0.1, -0.05) is 24.3 Å². The van der Waals surface area contributed by atoms with E-state index in [4.69, 9.17) is 6.42 Å². The van der Waals surface area contributed by atoms with Crippen molar-refractivity contribution in [3.63, 3.8) is 0 Å². The van der Waals surface area contributed by atoms with Gasteiger partial charge >= 0.3 is 0 Å². The van der Waals surface area contributed by atoms with Gasteiger partial charge in [-0.2, -0.15) is 10.2 Å². The molecule has 2 heterocycles. The quantitative estimate of drug-likeness (QED) is 0.747. The van der Waals surface area contributed by atoms with Crippen LogP contribution < -0.4 is 5.32 Å². The Morgan fingerprint density at radius 2 is 2.08 bits per heavy atom. The fraction of sp³-hybridized carbons (Fsp3) is 0.526. The SMILES string of the molecule is C#CCCC1(CCC(=O)NCCN2CCc3ccccc3C2)N=N1. The van der Waals surface area contributed by atoms with E-state index in [1.807, 2.05) is 0 Å². The first-order valence-electron chi connectivity index (χ1n) is 8.64. The van der Waals surface area contributed by atoms with Crippen molar-refractivity contribution in [2.75, 3.05) is 19.6 Å². The highest BCUT2D eigenvalue weighted by Crippen LogP contribution is 2.37. The molecular weight excluding hydrogens is 300 g/mol. The second-order valence-corrected chi connectivity index (χ2v) is 6.53. The highest BCUT2D eigenvalue weighted by Gasteiger charge is 2.39. The van der Waals surface area contributed by atoms with Crippen LogP contribution in [0.3, 0.4) is 0 Å². The van der Waals surface area contributed by atoms with Crippen molar-refractivity contribution in [1.29, 1.82) is 0 Å². The third-order valence-corrected chi connectivity index (χ3v) is 4.76. The minimum atomic E-state index is -0.361. The number of benzene rings is 1. The van der Waals surface area contributed by atoms with E-state index in [1.54, 1.807) is 0 Å². The van der Waals surface area contributed by atoms with E-state index in [0.29, 0.717) is 25.8 Å². The number of fused-ring (bicyclic) bond motifs is 1. The predicted octanol–water partition coefficient (Wildman–Crippen LogP) is 2.52.